The van der Waals surface area contributed by atoms with E-state index in [1.807, 2.05) is 24.3 Å². The largest absolute Gasteiger partial charge is 0.363 e. The fraction of sp³-hybridized carbons (Fsp3) is 0.385. The van der Waals surface area contributed by atoms with Crippen molar-refractivity contribution in [2.45, 2.75) is 56.5 Å². The van der Waals surface area contributed by atoms with Gasteiger partial charge in [-0.1, -0.05) is 36.2 Å². The molecule has 2 unspecified atom stereocenters. The molecule has 2 N–H and O–H groups in total. The number of aromatic amines is 1. The van der Waals surface area contributed by atoms with Crippen LogP contribution in [0, 0.1) is 0 Å². The first kappa shape index (κ1) is 22.0. The predicted molar refractivity (Wildman–Crippen MR) is 128 cm³/mol. The van der Waals surface area contributed by atoms with Crippen LogP contribution in [0.2, 0.25) is 5.02 Å². The number of fused-ring (bicyclic) bond motifs is 1. The summed E-state index contributed by atoms with van der Waals surface area (Å²) in [7, 11) is 0. The van der Waals surface area contributed by atoms with Gasteiger partial charge in [0.2, 0.25) is 5.91 Å². The van der Waals surface area contributed by atoms with Crippen LogP contribution in [0.5, 0.6) is 0 Å². The van der Waals surface area contributed by atoms with Crippen LogP contribution in [0.4, 0.5) is 0 Å². The SMILES string of the molecule is O=C(ON1CCCC1C(=O)NC1CCC[C@@H](c2c[nH]c3ccc(Cl)cc23)C1)c1ccccc1. The second kappa shape index (κ2) is 9.57. The topological polar surface area (TPSA) is 74.4 Å². The maximum absolute atomic E-state index is 13.1. The van der Waals surface area contributed by atoms with Crippen molar-refractivity contribution < 1.29 is 14.4 Å². The summed E-state index contributed by atoms with van der Waals surface area (Å²) in [5.41, 5.74) is 2.84. The Balaban J connectivity index is 1.22. The van der Waals surface area contributed by atoms with Crippen molar-refractivity contribution in [2.24, 2.45) is 0 Å². The Hall–Kier alpha value is -2.83. The Morgan fingerprint density at radius 3 is 2.76 bits per heavy atom. The van der Waals surface area contributed by atoms with E-state index in [2.05, 4.69) is 16.5 Å². The third-order valence-corrected chi connectivity index (χ3v) is 7.09. The van der Waals surface area contributed by atoms with Crippen molar-refractivity contribution in [1.82, 2.24) is 15.4 Å². The van der Waals surface area contributed by atoms with Crippen LogP contribution < -0.4 is 5.32 Å². The van der Waals surface area contributed by atoms with Crippen LogP contribution >= 0.6 is 11.6 Å². The zero-order chi connectivity index (χ0) is 22.8. The molecule has 2 aliphatic rings. The molecule has 1 aromatic heterocycles. The molecule has 2 fully saturated rings. The van der Waals surface area contributed by atoms with Gasteiger partial charge in [-0.2, -0.15) is 0 Å². The van der Waals surface area contributed by atoms with Crippen LogP contribution in [0.15, 0.2) is 54.7 Å². The number of hydrogen-bond acceptors (Lipinski definition) is 4. The van der Waals surface area contributed by atoms with E-state index >= 15 is 0 Å². The highest BCUT2D eigenvalue weighted by Crippen LogP contribution is 2.37. The quantitative estimate of drug-likeness (QED) is 0.543. The van der Waals surface area contributed by atoms with Gasteiger partial charge in [0, 0.05) is 34.7 Å². The van der Waals surface area contributed by atoms with Gasteiger partial charge < -0.3 is 15.1 Å². The van der Waals surface area contributed by atoms with Gasteiger partial charge in [-0.25, -0.2) is 4.79 Å². The molecule has 33 heavy (non-hydrogen) atoms. The molecule has 3 atom stereocenters. The summed E-state index contributed by atoms with van der Waals surface area (Å²) >= 11 is 6.23. The van der Waals surface area contributed by atoms with E-state index in [1.54, 1.807) is 29.3 Å². The van der Waals surface area contributed by atoms with Crippen molar-refractivity contribution in [1.29, 1.82) is 0 Å². The van der Waals surface area contributed by atoms with E-state index in [1.165, 1.54) is 5.56 Å². The molecule has 1 amide bonds. The minimum atomic E-state index is -0.440. The Labute approximate surface area is 198 Å². The molecule has 1 saturated carbocycles. The van der Waals surface area contributed by atoms with Gasteiger partial charge in [0.15, 0.2) is 0 Å². The van der Waals surface area contributed by atoms with E-state index in [0.717, 1.165) is 48.0 Å². The zero-order valence-electron chi connectivity index (χ0n) is 18.4. The highest BCUT2D eigenvalue weighted by Gasteiger charge is 2.36. The molecule has 0 bridgehead atoms. The zero-order valence-corrected chi connectivity index (χ0v) is 19.2. The first-order valence-corrected chi connectivity index (χ1v) is 12.1. The van der Waals surface area contributed by atoms with Crippen molar-refractivity contribution in [3.63, 3.8) is 0 Å². The number of carbonyl (C=O) groups excluding carboxylic acids is 2. The first-order valence-electron chi connectivity index (χ1n) is 11.7. The average molecular weight is 466 g/mol. The molecule has 5 rings (SSSR count). The highest BCUT2D eigenvalue weighted by molar-refractivity contribution is 6.31. The molecule has 7 heteroatoms. The summed E-state index contributed by atoms with van der Waals surface area (Å²) in [4.78, 5) is 34.5. The molecule has 6 nitrogen and oxygen atoms in total. The second-order valence-electron chi connectivity index (χ2n) is 9.05. The summed E-state index contributed by atoms with van der Waals surface area (Å²) in [6, 6.07) is 14.5. The van der Waals surface area contributed by atoms with E-state index < -0.39 is 12.0 Å². The lowest BCUT2D eigenvalue weighted by atomic mass is 9.81. The minimum Gasteiger partial charge on any atom is -0.363 e. The standard InChI is InChI=1S/C26H28ClN3O3/c27-19-11-12-23-21(15-19)22(16-28-23)18-8-4-9-20(14-18)29-25(31)24-10-5-13-30(24)33-26(32)17-6-2-1-3-7-17/h1-3,6-7,11-12,15-16,18,20,24,28H,4-5,8-10,13-14H2,(H,29,31)/t18-,20?,24?/m1/s1. The number of aromatic nitrogens is 1. The lowest BCUT2D eigenvalue weighted by molar-refractivity contribution is -0.149. The van der Waals surface area contributed by atoms with Crippen LogP contribution in [0.25, 0.3) is 10.9 Å². The molecular formula is C26H28ClN3O3. The van der Waals surface area contributed by atoms with E-state index in [0.29, 0.717) is 24.4 Å². The number of nitrogens with one attached hydrogen (secondary N) is 2. The molecule has 0 spiro atoms. The van der Waals surface area contributed by atoms with E-state index in [-0.39, 0.29) is 11.9 Å². The summed E-state index contributed by atoms with van der Waals surface area (Å²) < 4.78 is 0. The van der Waals surface area contributed by atoms with Crippen LogP contribution in [-0.4, -0.2) is 40.6 Å². The van der Waals surface area contributed by atoms with Crippen LogP contribution in [0.3, 0.4) is 0 Å². The van der Waals surface area contributed by atoms with Crippen molar-refractivity contribution >= 4 is 34.4 Å². The monoisotopic (exact) mass is 465 g/mol. The third-order valence-electron chi connectivity index (χ3n) is 6.85. The lowest BCUT2D eigenvalue weighted by Crippen LogP contribution is -2.48. The number of amides is 1. The Morgan fingerprint density at radius 2 is 1.91 bits per heavy atom. The molecule has 1 aliphatic heterocycles. The molecular weight excluding hydrogens is 438 g/mol. The molecule has 2 heterocycles. The number of hydroxylamine groups is 2. The minimum absolute atomic E-state index is 0.0546. The fourth-order valence-corrected chi connectivity index (χ4v) is 5.37. The molecule has 1 aliphatic carbocycles. The summed E-state index contributed by atoms with van der Waals surface area (Å²) in [6.45, 7) is 0.569. The van der Waals surface area contributed by atoms with Crippen LogP contribution in [0.1, 0.15) is 60.4 Å². The Kier molecular flexibility index (Phi) is 6.38. The average Bonchev–Trinajstić information content (AvgIpc) is 3.46. The van der Waals surface area contributed by atoms with Gasteiger partial charge in [-0.15, -0.1) is 5.06 Å². The fourth-order valence-electron chi connectivity index (χ4n) is 5.20. The molecule has 0 radical (unpaired) electrons. The lowest BCUT2D eigenvalue weighted by Gasteiger charge is -2.31. The van der Waals surface area contributed by atoms with Crippen molar-refractivity contribution in [2.75, 3.05) is 6.54 Å². The maximum atomic E-state index is 13.1. The number of halogens is 1. The van der Waals surface area contributed by atoms with Gasteiger partial charge in [0.05, 0.1) is 5.56 Å². The van der Waals surface area contributed by atoms with Gasteiger partial charge in [-0.3, -0.25) is 4.79 Å². The number of rotatable bonds is 5. The summed E-state index contributed by atoms with van der Waals surface area (Å²) in [5, 5.41) is 6.69. The highest BCUT2D eigenvalue weighted by atomic mass is 35.5. The van der Waals surface area contributed by atoms with Gasteiger partial charge in [-0.05, 0) is 73.9 Å². The maximum Gasteiger partial charge on any atom is 0.357 e. The van der Waals surface area contributed by atoms with Gasteiger partial charge >= 0.3 is 5.97 Å². The van der Waals surface area contributed by atoms with E-state index in [4.69, 9.17) is 16.4 Å². The van der Waals surface area contributed by atoms with Crippen molar-refractivity contribution in [3.05, 3.63) is 70.9 Å². The third kappa shape index (κ3) is 4.77. The normalized spacial score (nSPS) is 23.5. The Bertz CT molecular complexity index is 1150. The molecule has 2 aromatic carbocycles. The van der Waals surface area contributed by atoms with Crippen LogP contribution in [-0.2, 0) is 9.63 Å². The predicted octanol–water partition coefficient (Wildman–Crippen LogP) is 5.20. The number of benzene rings is 2. The number of carbonyl (C=O) groups is 2. The molecule has 3 aromatic rings. The second-order valence-corrected chi connectivity index (χ2v) is 9.48. The first-order chi connectivity index (χ1) is 16.1. The number of H-pyrrole nitrogens is 1. The van der Waals surface area contributed by atoms with Gasteiger partial charge in [0.1, 0.15) is 6.04 Å². The number of nitrogens with zero attached hydrogens (tertiary/aromatic N) is 1. The summed E-state index contributed by atoms with van der Waals surface area (Å²) in [6.07, 6.45) is 7.59. The molecule has 172 valence electrons. The smallest absolute Gasteiger partial charge is 0.357 e. The summed E-state index contributed by atoms with van der Waals surface area (Å²) in [5.74, 6) is -0.112. The van der Waals surface area contributed by atoms with Gasteiger partial charge in [0.25, 0.3) is 0 Å². The number of hydrogen-bond donors (Lipinski definition) is 2. The van der Waals surface area contributed by atoms with E-state index in [9.17, 15) is 9.59 Å². The Morgan fingerprint density at radius 1 is 1.06 bits per heavy atom. The van der Waals surface area contributed by atoms with Crippen molar-refractivity contribution in [3.8, 4) is 0 Å². The molecule has 1 saturated heterocycles.